The van der Waals surface area contributed by atoms with E-state index >= 15 is 0 Å². The molecule has 0 aliphatic rings. The molecule has 0 aliphatic heterocycles. The molecule has 33 heavy (non-hydrogen) atoms. The molecule has 0 atom stereocenters. The summed E-state index contributed by atoms with van der Waals surface area (Å²) in [5.41, 5.74) is 3.47. The fourth-order valence-electron chi connectivity index (χ4n) is 3.18. The monoisotopic (exact) mass is 588 g/mol. The van der Waals surface area contributed by atoms with Crippen molar-refractivity contribution in [2.45, 2.75) is 16.7 Å². The van der Waals surface area contributed by atoms with E-state index in [4.69, 9.17) is 9.47 Å². The van der Waals surface area contributed by atoms with Gasteiger partial charge >= 0.3 is 0 Å². The Labute approximate surface area is 210 Å². The van der Waals surface area contributed by atoms with Crippen molar-refractivity contribution in [1.82, 2.24) is 0 Å². The van der Waals surface area contributed by atoms with E-state index in [0.717, 1.165) is 11.1 Å². The number of hydrogen-bond acceptors (Lipinski definition) is 4. The minimum absolute atomic E-state index is 0.208. The summed E-state index contributed by atoms with van der Waals surface area (Å²) in [5.74, 6) is 1.86. The zero-order chi connectivity index (χ0) is 23.8. The van der Waals surface area contributed by atoms with Crippen molar-refractivity contribution in [3.63, 3.8) is 0 Å². The summed E-state index contributed by atoms with van der Waals surface area (Å²) in [6, 6.07) is 28.9. The van der Waals surface area contributed by atoms with Gasteiger partial charge in [-0.2, -0.15) is 0 Å². The van der Waals surface area contributed by atoms with Crippen LogP contribution in [-0.2, 0) is 9.84 Å². The molecule has 0 spiro atoms. The van der Waals surface area contributed by atoms with Gasteiger partial charge in [0.2, 0.25) is 9.84 Å². The van der Waals surface area contributed by atoms with E-state index in [2.05, 4.69) is 59.4 Å². The lowest BCUT2D eigenvalue weighted by Gasteiger charge is -2.09. The molecule has 0 heterocycles. The lowest BCUT2D eigenvalue weighted by atomic mass is 10.0. The Kier molecular flexibility index (Phi) is 8.72. The van der Waals surface area contributed by atoms with Crippen LogP contribution < -0.4 is 9.47 Å². The molecule has 0 aromatic heterocycles. The number of aryl methyl sites for hydroxylation is 1. The number of benzene rings is 4. The smallest absolute Gasteiger partial charge is 0.206 e. The van der Waals surface area contributed by atoms with Crippen LogP contribution in [0.25, 0.3) is 11.1 Å². The first-order valence-corrected chi connectivity index (χ1v) is 15.1. The van der Waals surface area contributed by atoms with Crippen molar-refractivity contribution in [2.24, 2.45) is 0 Å². The Morgan fingerprint density at radius 3 is 1.36 bits per heavy atom. The van der Waals surface area contributed by atoms with E-state index in [1.165, 1.54) is 24.8 Å². The first-order chi connectivity index (χ1) is 16.0. The maximum absolute atomic E-state index is 12.8. The van der Waals surface area contributed by atoms with Gasteiger partial charge in [-0.25, -0.2) is 8.42 Å². The minimum atomic E-state index is -3.60. The fourth-order valence-corrected chi connectivity index (χ4v) is 4.44. The molecular formula is C26H22Br2O4S. The second kappa shape index (κ2) is 11.5. The maximum Gasteiger partial charge on any atom is 0.206 e. The average molecular weight is 590 g/mol. The highest BCUT2D eigenvalue weighted by Crippen LogP contribution is 2.28. The van der Waals surface area contributed by atoms with Crippen LogP contribution in [0.4, 0.5) is 0 Å². The number of ether oxygens (including phenoxy) is 2. The van der Waals surface area contributed by atoms with Crippen LogP contribution in [0.3, 0.4) is 0 Å². The molecule has 4 aromatic rings. The number of sulfone groups is 1. The van der Waals surface area contributed by atoms with E-state index < -0.39 is 9.84 Å². The molecule has 0 amide bonds. The Balaban J connectivity index is 0.00000149. The first-order valence-electron chi connectivity index (χ1n) is 9.94. The molecule has 0 N–H and O–H groups in total. The molecule has 4 nitrogen and oxygen atoms in total. The summed E-state index contributed by atoms with van der Waals surface area (Å²) in [6.45, 7) is 2.06. The Hall–Kier alpha value is -2.61. The topological polar surface area (TPSA) is 52.6 Å². The standard InChI is InChI=1S/C26H22O4S.Br2/c1-19-3-5-20(6-4-19)21-7-9-23(10-8-21)30-24-13-17-26(18-14-24)31(27,28)25-15-11-22(29-2)12-16-25;1-2/h3-18H,1-2H3;. The van der Waals surface area contributed by atoms with Crippen LogP contribution in [0.1, 0.15) is 5.56 Å². The summed E-state index contributed by atoms with van der Waals surface area (Å²) >= 11 is 5.50. The predicted molar refractivity (Wildman–Crippen MR) is 139 cm³/mol. The number of rotatable bonds is 6. The molecule has 0 saturated carbocycles. The average Bonchev–Trinajstić information content (AvgIpc) is 2.87. The van der Waals surface area contributed by atoms with Crippen LogP contribution in [0.15, 0.2) is 107 Å². The second-order valence-electron chi connectivity index (χ2n) is 7.14. The van der Waals surface area contributed by atoms with Gasteiger partial charge in [0.15, 0.2) is 0 Å². The molecule has 0 fully saturated rings. The van der Waals surface area contributed by atoms with Gasteiger partial charge in [0.25, 0.3) is 0 Å². The van der Waals surface area contributed by atoms with E-state index in [0.29, 0.717) is 17.2 Å². The molecule has 0 saturated heterocycles. The maximum atomic E-state index is 12.8. The molecule has 0 radical (unpaired) electrons. The lowest BCUT2D eigenvalue weighted by molar-refractivity contribution is 0.414. The Morgan fingerprint density at radius 1 is 0.576 bits per heavy atom. The van der Waals surface area contributed by atoms with E-state index in [9.17, 15) is 8.42 Å². The number of halogens is 2. The van der Waals surface area contributed by atoms with Gasteiger partial charge in [-0.15, -0.1) is 0 Å². The second-order valence-corrected chi connectivity index (χ2v) is 9.09. The summed E-state index contributed by atoms with van der Waals surface area (Å²) < 4.78 is 36.6. The molecule has 170 valence electrons. The molecule has 0 aliphatic carbocycles. The summed E-state index contributed by atoms with van der Waals surface area (Å²) in [5, 5.41) is 0. The van der Waals surface area contributed by atoms with Gasteiger partial charge in [0, 0.05) is 28.3 Å². The highest BCUT2D eigenvalue weighted by molar-refractivity contribution is 9.93. The van der Waals surface area contributed by atoms with Crippen molar-refractivity contribution in [3.05, 3.63) is 103 Å². The lowest BCUT2D eigenvalue weighted by Crippen LogP contribution is -2.01. The molecular weight excluding hydrogens is 568 g/mol. The van der Waals surface area contributed by atoms with Gasteiger partial charge in [0.1, 0.15) is 17.2 Å². The van der Waals surface area contributed by atoms with Crippen molar-refractivity contribution < 1.29 is 17.9 Å². The normalized spacial score (nSPS) is 10.7. The molecule has 7 heteroatoms. The molecule has 4 aromatic carbocycles. The molecule has 0 unspecified atom stereocenters. The third kappa shape index (κ3) is 6.25. The SMILES string of the molecule is BrBr.COc1ccc(S(=O)(=O)c2ccc(Oc3ccc(-c4ccc(C)cc4)cc3)cc2)cc1. The quantitative estimate of drug-likeness (QED) is 0.229. The Morgan fingerprint density at radius 2 is 0.939 bits per heavy atom. The van der Waals surface area contributed by atoms with Gasteiger partial charge in [-0.3, -0.25) is 0 Å². The van der Waals surface area contributed by atoms with E-state index in [-0.39, 0.29) is 9.79 Å². The summed E-state index contributed by atoms with van der Waals surface area (Å²) in [4.78, 5) is 0.424. The molecule has 4 rings (SSSR count). The van der Waals surface area contributed by atoms with Crippen LogP contribution in [0.2, 0.25) is 0 Å². The third-order valence-corrected chi connectivity index (χ3v) is 6.76. The number of methoxy groups -OCH3 is 1. The first kappa shape index (κ1) is 25.0. The fraction of sp³-hybridized carbons (Fsp3) is 0.0769. The highest BCUT2D eigenvalue weighted by atomic mass is 80.9. The largest absolute Gasteiger partial charge is 0.497 e. The summed E-state index contributed by atoms with van der Waals surface area (Å²) in [7, 11) is -2.06. The molecule has 0 bridgehead atoms. The van der Waals surface area contributed by atoms with Crippen molar-refractivity contribution in [1.29, 1.82) is 0 Å². The van der Waals surface area contributed by atoms with Crippen LogP contribution >= 0.6 is 28.3 Å². The third-order valence-electron chi connectivity index (χ3n) is 4.98. The van der Waals surface area contributed by atoms with Crippen LogP contribution in [0, 0.1) is 6.92 Å². The van der Waals surface area contributed by atoms with Crippen molar-refractivity contribution in [2.75, 3.05) is 7.11 Å². The summed E-state index contributed by atoms with van der Waals surface area (Å²) in [6.07, 6.45) is 0. The van der Waals surface area contributed by atoms with E-state index in [1.807, 2.05) is 24.3 Å². The minimum Gasteiger partial charge on any atom is -0.497 e. The van der Waals surface area contributed by atoms with Gasteiger partial charge in [-0.05, 0) is 78.7 Å². The highest BCUT2D eigenvalue weighted by Gasteiger charge is 2.17. The van der Waals surface area contributed by atoms with Gasteiger partial charge in [-0.1, -0.05) is 42.0 Å². The van der Waals surface area contributed by atoms with E-state index in [1.54, 1.807) is 36.4 Å². The van der Waals surface area contributed by atoms with Crippen molar-refractivity contribution in [3.8, 4) is 28.4 Å². The zero-order valence-electron chi connectivity index (χ0n) is 18.0. The van der Waals surface area contributed by atoms with Crippen LogP contribution in [-0.4, -0.2) is 15.5 Å². The Bertz CT molecular complexity index is 1270. The van der Waals surface area contributed by atoms with Gasteiger partial charge in [0.05, 0.1) is 16.9 Å². The number of hydrogen-bond donors (Lipinski definition) is 0. The predicted octanol–water partition coefficient (Wildman–Crippen LogP) is 7.99. The van der Waals surface area contributed by atoms with Crippen molar-refractivity contribution >= 4 is 38.1 Å². The zero-order valence-corrected chi connectivity index (χ0v) is 22.0. The van der Waals surface area contributed by atoms with Gasteiger partial charge < -0.3 is 9.47 Å². The van der Waals surface area contributed by atoms with Crippen LogP contribution in [0.5, 0.6) is 17.2 Å².